The van der Waals surface area contributed by atoms with E-state index in [1.54, 1.807) is 0 Å². The molecule has 1 aromatic rings. The zero-order valence-corrected chi connectivity index (χ0v) is 9.14. The van der Waals surface area contributed by atoms with E-state index < -0.39 is 28.1 Å². The van der Waals surface area contributed by atoms with Crippen molar-refractivity contribution < 1.29 is 19.6 Å². The smallest absolute Gasteiger partial charge is 0.301 e. The van der Waals surface area contributed by atoms with Crippen LogP contribution >= 0.6 is 0 Å². The highest BCUT2D eigenvalue weighted by atomic mass is 16.6. The lowest BCUT2D eigenvalue weighted by Crippen LogP contribution is -2.24. The van der Waals surface area contributed by atoms with Crippen molar-refractivity contribution in [3.8, 4) is 0 Å². The second kappa shape index (κ2) is 4.60. The predicted octanol–water partition coefficient (Wildman–Crippen LogP) is 0.225. The maximum Gasteiger partial charge on any atom is 0.301 e. The van der Waals surface area contributed by atoms with Gasteiger partial charge >= 0.3 is 5.69 Å². The molecule has 0 heterocycles. The Kier molecular flexibility index (Phi) is 3.42. The zero-order chi connectivity index (χ0) is 13.2. The Morgan fingerprint density at radius 1 is 1.35 bits per heavy atom. The molecule has 0 aromatic heterocycles. The molecule has 0 unspecified atom stereocenters. The maximum absolute atomic E-state index is 10.9. The molecule has 0 saturated carbocycles. The largest absolute Gasteiger partial charge is 0.545 e. The first kappa shape index (κ1) is 12.6. The van der Waals surface area contributed by atoms with Gasteiger partial charge in [-0.3, -0.25) is 14.9 Å². The van der Waals surface area contributed by atoms with E-state index in [0.717, 1.165) is 6.07 Å². The zero-order valence-electron chi connectivity index (χ0n) is 9.14. The molecule has 0 radical (unpaired) electrons. The molecule has 0 bridgehead atoms. The van der Waals surface area contributed by atoms with Gasteiger partial charge in [-0.05, 0) is 18.6 Å². The summed E-state index contributed by atoms with van der Waals surface area (Å²) in [6.45, 7) is 2.70. The van der Waals surface area contributed by atoms with Gasteiger partial charge in [0.1, 0.15) is 5.69 Å². The number of hydrogen-bond acceptors (Lipinski definition) is 5. The molecular formula is C10H9N2O5-. The van der Waals surface area contributed by atoms with Crippen molar-refractivity contribution in [3.05, 3.63) is 33.4 Å². The molecule has 0 aliphatic heterocycles. The SMILES string of the molecule is CC(=O)Nc1c(C)ccc(C(=O)[O-])c1[N+](=O)[O-]. The summed E-state index contributed by atoms with van der Waals surface area (Å²) in [5.41, 5.74) is -0.953. The van der Waals surface area contributed by atoms with Crippen LogP contribution in [0.4, 0.5) is 11.4 Å². The average Bonchev–Trinajstić information content (AvgIpc) is 2.19. The predicted molar refractivity (Wildman–Crippen MR) is 56.5 cm³/mol. The molecule has 0 aliphatic carbocycles. The van der Waals surface area contributed by atoms with Gasteiger partial charge in [0.2, 0.25) is 5.91 Å². The quantitative estimate of drug-likeness (QED) is 0.597. The third-order valence-corrected chi connectivity index (χ3v) is 2.09. The third-order valence-electron chi connectivity index (χ3n) is 2.09. The standard InChI is InChI=1S/C10H10N2O5/c1-5-3-4-7(10(14)15)9(12(16)17)8(5)11-6(2)13/h3-4H,1-2H3,(H,11,13)(H,14,15)/p-1. The number of nitro benzene ring substituents is 1. The highest BCUT2D eigenvalue weighted by molar-refractivity contribution is 5.99. The Morgan fingerprint density at radius 3 is 2.35 bits per heavy atom. The molecule has 1 N–H and O–H groups in total. The molecule has 0 saturated heterocycles. The topological polar surface area (TPSA) is 112 Å². The lowest BCUT2D eigenvalue weighted by molar-refractivity contribution is -0.384. The van der Waals surface area contributed by atoms with Gasteiger partial charge in [-0.15, -0.1) is 0 Å². The monoisotopic (exact) mass is 237 g/mol. The minimum absolute atomic E-state index is 0.121. The summed E-state index contributed by atoms with van der Waals surface area (Å²) in [6, 6.07) is 2.44. The Bertz CT molecular complexity index is 510. The number of nitrogens with zero attached hydrogens (tertiary/aromatic N) is 1. The Balaban J connectivity index is 3.54. The van der Waals surface area contributed by atoms with Crippen LogP contribution in [0.15, 0.2) is 12.1 Å². The summed E-state index contributed by atoms with van der Waals surface area (Å²) in [5, 5.41) is 23.8. The number of aromatic carboxylic acids is 1. The Morgan fingerprint density at radius 2 is 1.94 bits per heavy atom. The average molecular weight is 237 g/mol. The van der Waals surface area contributed by atoms with Gasteiger partial charge in [-0.2, -0.15) is 0 Å². The fourth-order valence-electron chi connectivity index (χ4n) is 1.38. The normalized spacial score (nSPS) is 9.76. The summed E-state index contributed by atoms with van der Waals surface area (Å²) in [7, 11) is 0. The highest BCUT2D eigenvalue weighted by Gasteiger charge is 2.23. The summed E-state index contributed by atoms with van der Waals surface area (Å²) < 4.78 is 0. The van der Waals surface area contributed by atoms with E-state index in [4.69, 9.17) is 0 Å². The van der Waals surface area contributed by atoms with Crippen LogP contribution < -0.4 is 10.4 Å². The number of nitrogens with one attached hydrogen (secondary N) is 1. The highest BCUT2D eigenvalue weighted by Crippen LogP contribution is 2.31. The fourth-order valence-corrected chi connectivity index (χ4v) is 1.38. The Labute approximate surface area is 96.2 Å². The maximum atomic E-state index is 10.9. The van der Waals surface area contributed by atoms with E-state index in [9.17, 15) is 24.8 Å². The number of anilines is 1. The molecule has 7 nitrogen and oxygen atoms in total. The van der Waals surface area contributed by atoms with Gasteiger partial charge in [0.05, 0.1) is 16.5 Å². The molecule has 7 heteroatoms. The number of benzene rings is 1. The number of aryl methyl sites for hydroxylation is 1. The van der Waals surface area contributed by atoms with E-state index in [-0.39, 0.29) is 5.69 Å². The summed E-state index contributed by atoms with van der Waals surface area (Å²) in [6.07, 6.45) is 0. The van der Waals surface area contributed by atoms with Crippen molar-refractivity contribution in [3.63, 3.8) is 0 Å². The number of rotatable bonds is 3. The minimum atomic E-state index is -1.66. The molecule has 0 fully saturated rings. The van der Waals surface area contributed by atoms with Crippen molar-refractivity contribution in [2.75, 3.05) is 5.32 Å². The van der Waals surface area contributed by atoms with Gasteiger partial charge in [-0.25, -0.2) is 0 Å². The summed E-state index contributed by atoms with van der Waals surface area (Å²) in [4.78, 5) is 31.7. The lowest BCUT2D eigenvalue weighted by Gasteiger charge is -2.11. The molecule has 0 aliphatic rings. The van der Waals surface area contributed by atoms with Gasteiger partial charge in [-0.1, -0.05) is 6.07 Å². The number of carboxylic acid groups (broad SMARTS) is 1. The van der Waals surface area contributed by atoms with Crippen molar-refractivity contribution in [2.45, 2.75) is 13.8 Å². The number of amides is 1. The number of carboxylic acids is 1. The van der Waals surface area contributed by atoms with E-state index >= 15 is 0 Å². The molecule has 1 aromatic carbocycles. The summed E-state index contributed by atoms with van der Waals surface area (Å²) >= 11 is 0. The van der Waals surface area contributed by atoms with Gasteiger partial charge in [0.15, 0.2) is 0 Å². The second-order valence-electron chi connectivity index (χ2n) is 3.38. The van der Waals surface area contributed by atoms with Gasteiger partial charge in [0.25, 0.3) is 0 Å². The second-order valence-corrected chi connectivity index (χ2v) is 3.38. The number of carbonyl (C=O) groups is 2. The van der Waals surface area contributed by atoms with E-state index in [1.807, 2.05) is 0 Å². The van der Waals surface area contributed by atoms with Gasteiger partial charge in [0, 0.05) is 6.92 Å². The van der Waals surface area contributed by atoms with Gasteiger partial charge < -0.3 is 15.2 Å². The van der Waals surface area contributed by atoms with Crippen LogP contribution in [0.2, 0.25) is 0 Å². The summed E-state index contributed by atoms with van der Waals surface area (Å²) in [5.74, 6) is -2.19. The van der Waals surface area contributed by atoms with E-state index in [0.29, 0.717) is 5.56 Å². The molecule has 0 spiro atoms. The molecular weight excluding hydrogens is 228 g/mol. The van der Waals surface area contributed by atoms with Crippen molar-refractivity contribution in [1.29, 1.82) is 0 Å². The van der Waals surface area contributed by atoms with E-state index in [1.165, 1.54) is 19.9 Å². The minimum Gasteiger partial charge on any atom is -0.545 e. The van der Waals surface area contributed by atoms with E-state index in [2.05, 4.69) is 5.32 Å². The van der Waals surface area contributed by atoms with Crippen molar-refractivity contribution >= 4 is 23.3 Å². The van der Waals surface area contributed by atoms with Crippen LogP contribution in [0.25, 0.3) is 0 Å². The van der Waals surface area contributed by atoms with Crippen LogP contribution in [0.3, 0.4) is 0 Å². The van der Waals surface area contributed by atoms with Crippen LogP contribution in [-0.4, -0.2) is 16.8 Å². The number of carbonyl (C=O) groups excluding carboxylic acids is 2. The molecule has 0 atom stereocenters. The number of hydrogen-bond donors (Lipinski definition) is 1. The first-order valence-electron chi connectivity index (χ1n) is 4.61. The molecule has 1 rings (SSSR count). The first-order chi connectivity index (χ1) is 7.84. The van der Waals surface area contributed by atoms with Crippen molar-refractivity contribution in [2.24, 2.45) is 0 Å². The van der Waals surface area contributed by atoms with Crippen molar-refractivity contribution in [1.82, 2.24) is 0 Å². The Hall–Kier alpha value is -2.44. The fraction of sp³-hybridized carbons (Fsp3) is 0.200. The molecule has 1 amide bonds. The molecule has 90 valence electrons. The third kappa shape index (κ3) is 2.57. The molecule has 17 heavy (non-hydrogen) atoms. The van der Waals surface area contributed by atoms with Crippen LogP contribution in [0.1, 0.15) is 22.8 Å². The van der Waals surface area contributed by atoms with Crippen LogP contribution in [0, 0.1) is 17.0 Å². The first-order valence-corrected chi connectivity index (χ1v) is 4.61. The lowest BCUT2D eigenvalue weighted by atomic mass is 10.1. The number of nitro groups is 1. The van der Waals surface area contributed by atoms with Crippen LogP contribution in [0.5, 0.6) is 0 Å². The van der Waals surface area contributed by atoms with Crippen LogP contribution in [-0.2, 0) is 4.79 Å².